The van der Waals surface area contributed by atoms with Crippen LogP contribution in [0.2, 0.25) is 0 Å². The fourth-order valence-electron chi connectivity index (χ4n) is 2.57. The molecule has 3 N–H and O–H groups in total. The van der Waals surface area contributed by atoms with E-state index in [-0.39, 0.29) is 23.8 Å². The summed E-state index contributed by atoms with van der Waals surface area (Å²) in [6.45, 7) is 5.76. The number of aliphatic carboxylic acids is 1. The number of nitrogens with one attached hydrogen (secondary N) is 1. The van der Waals surface area contributed by atoms with Gasteiger partial charge in [-0.25, -0.2) is 4.79 Å². The van der Waals surface area contributed by atoms with Gasteiger partial charge in [0.25, 0.3) is 0 Å². The second-order valence-corrected chi connectivity index (χ2v) is 6.09. The molecule has 0 bridgehead atoms. The first-order valence-corrected chi connectivity index (χ1v) is 7.51. The van der Waals surface area contributed by atoms with E-state index in [0.29, 0.717) is 12.0 Å². The van der Waals surface area contributed by atoms with Crippen molar-refractivity contribution in [3.8, 4) is 5.75 Å². The number of aryl methyl sites for hydroxylation is 1. The maximum Gasteiger partial charge on any atom is 0.336 e. The van der Waals surface area contributed by atoms with Gasteiger partial charge in [-0.3, -0.25) is 4.79 Å². The summed E-state index contributed by atoms with van der Waals surface area (Å²) < 4.78 is 5.23. The van der Waals surface area contributed by atoms with Crippen LogP contribution >= 0.6 is 0 Å². The number of phenolic OH excluding ortho intramolecular Hbond substituents is 1. The number of aromatic hydroxyl groups is 1. The Balaban J connectivity index is 2.37. The van der Waals surface area contributed by atoms with Crippen LogP contribution in [0.4, 0.5) is 0 Å². The van der Waals surface area contributed by atoms with Crippen molar-refractivity contribution in [1.29, 1.82) is 0 Å². The van der Waals surface area contributed by atoms with Gasteiger partial charge in [0.1, 0.15) is 17.4 Å². The maximum absolute atomic E-state index is 11.6. The first-order valence-electron chi connectivity index (χ1n) is 7.51. The Labute approximate surface area is 133 Å². The van der Waals surface area contributed by atoms with Crippen LogP contribution < -0.4 is 10.9 Å². The SMILES string of the molecule is Cc1cc(=O)oc2c(CN[C@H](CC(C)C)C(=O)O)c(O)ccc12. The highest BCUT2D eigenvalue weighted by Crippen LogP contribution is 2.28. The van der Waals surface area contributed by atoms with Gasteiger partial charge in [0, 0.05) is 18.0 Å². The Kier molecular flexibility index (Phi) is 5.05. The van der Waals surface area contributed by atoms with E-state index >= 15 is 0 Å². The molecule has 0 saturated heterocycles. The fraction of sp³-hybridized carbons (Fsp3) is 0.412. The normalized spacial score (nSPS) is 12.7. The summed E-state index contributed by atoms with van der Waals surface area (Å²) in [5.41, 5.74) is 0.919. The molecule has 23 heavy (non-hydrogen) atoms. The lowest BCUT2D eigenvalue weighted by Crippen LogP contribution is -2.37. The van der Waals surface area contributed by atoms with Gasteiger partial charge >= 0.3 is 11.6 Å². The minimum Gasteiger partial charge on any atom is -0.507 e. The predicted octanol–water partition coefficient (Wildman–Crippen LogP) is 2.40. The molecule has 0 fully saturated rings. The summed E-state index contributed by atoms with van der Waals surface area (Å²) in [6, 6.07) is 3.84. The lowest BCUT2D eigenvalue weighted by Gasteiger charge is -2.17. The molecule has 0 radical (unpaired) electrons. The molecular formula is C17H21NO5. The number of phenols is 1. The zero-order valence-corrected chi connectivity index (χ0v) is 13.4. The molecule has 1 atom stereocenters. The molecule has 1 heterocycles. The lowest BCUT2D eigenvalue weighted by molar-refractivity contribution is -0.140. The summed E-state index contributed by atoms with van der Waals surface area (Å²) in [5.74, 6) is -0.770. The van der Waals surface area contributed by atoms with Crippen molar-refractivity contribution >= 4 is 16.9 Å². The van der Waals surface area contributed by atoms with E-state index in [1.165, 1.54) is 12.1 Å². The van der Waals surface area contributed by atoms with E-state index < -0.39 is 17.6 Å². The highest BCUT2D eigenvalue weighted by Gasteiger charge is 2.20. The third-order valence-electron chi connectivity index (χ3n) is 3.73. The van der Waals surface area contributed by atoms with Crippen molar-refractivity contribution < 1.29 is 19.4 Å². The van der Waals surface area contributed by atoms with Gasteiger partial charge in [-0.05, 0) is 37.0 Å². The molecule has 0 aliphatic heterocycles. The Morgan fingerprint density at radius 3 is 2.65 bits per heavy atom. The molecule has 0 aliphatic carbocycles. The largest absolute Gasteiger partial charge is 0.507 e. The lowest BCUT2D eigenvalue weighted by atomic mass is 10.0. The third-order valence-corrected chi connectivity index (χ3v) is 3.73. The zero-order valence-electron chi connectivity index (χ0n) is 13.4. The van der Waals surface area contributed by atoms with Crippen LogP contribution in [0.1, 0.15) is 31.4 Å². The molecule has 6 nitrogen and oxygen atoms in total. The summed E-state index contributed by atoms with van der Waals surface area (Å²) >= 11 is 0. The fourth-order valence-corrected chi connectivity index (χ4v) is 2.57. The van der Waals surface area contributed by atoms with Crippen LogP contribution in [0, 0.1) is 12.8 Å². The number of rotatable bonds is 6. The predicted molar refractivity (Wildman–Crippen MR) is 86.6 cm³/mol. The summed E-state index contributed by atoms with van der Waals surface area (Å²) in [5, 5.41) is 23.0. The number of fused-ring (bicyclic) bond motifs is 1. The monoisotopic (exact) mass is 319 g/mol. The van der Waals surface area contributed by atoms with Gasteiger partial charge < -0.3 is 19.9 Å². The van der Waals surface area contributed by atoms with Crippen LogP contribution in [-0.4, -0.2) is 22.2 Å². The van der Waals surface area contributed by atoms with Crippen LogP contribution in [0.15, 0.2) is 27.4 Å². The van der Waals surface area contributed by atoms with E-state index in [1.807, 2.05) is 13.8 Å². The number of carboxylic acid groups (broad SMARTS) is 1. The molecular weight excluding hydrogens is 298 g/mol. The van der Waals surface area contributed by atoms with Crippen molar-refractivity contribution in [1.82, 2.24) is 5.32 Å². The van der Waals surface area contributed by atoms with Crippen LogP contribution in [0.25, 0.3) is 11.0 Å². The topological polar surface area (TPSA) is 99.8 Å². The zero-order chi connectivity index (χ0) is 17.1. The van der Waals surface area contributed by atoms with Gasteiger partial charge in [0.05, 0.1) is 5.56 Å². The second kappa shape index (κ2) is 6.83. The van der Waals surface area contributed by atoms with Crippen molar-refractivity contribution in [3.05, 3.63) is 39.7 Å². The Bertz CT molecular complexity index is 778. The minimum atomic E-state index is -0.948. The van der Waals surface area contributed by atoms with Crippen LogP contribution in [-0.2, 0) is 11.3 Å². The number of carboxylic acids is 1. The van der Waals surface area contributed by atoms with Gasteiger partial charge in [-0.1, -0.05) is 13.8 Å². The number of benzene rings is 1. The molecule has 6 heteroatoms. The molecule has 2 rings (SSSR count). The Morgan fingerprint density at radius 2 is 2.04 bits per heavy atom. The van der Waals surface area contributed by atoms with E-state index in [0.717, 1.165) is 10.9 Å². The van der Waals surface area contributed by atoms with Gasteiger partial charge in [-0.2, -0.15) is 0 Å². The molecule has 1 aromatic heterocycles. The van der Waals surface area contributed by atoms with E-state index in [4.69, 9.17) is 4.42 Å². The van der Waals surface area contributed by atoms with Crippen LogP contribution in [0.5, 0.6) is 5.75 Å². The molecule has 1 aromatic carbocycles. The average Bonchev–Trinajstić information content (AvgIpc) is 2.43. The molecule has 0 saturated carbocycles. The van der Waals surface area contributed by atoms with Crippen molar-refractivity contribution in [3.63, 3.8) is 0 Å². The molecule has 0 aliphatic rings. The van der Waals surface area contributed by atoms with E-state index in [2.05, 4.69) is 5.32 Å². The smallest absolute Gasteiger partial charge is 0.336 e. The number of hydrogen-bond donors (Lipinski definition) is 3. The molecule has 0 amide bonds. The Morgan fingerprint density at radius 1 is 1.35 bits per heavy atom. The highest BCUT2D eigenvalue weighted by atomic mass is 16.4. The molecule has 124 valence electrons. The van der Waals surface area contributed by atoms with Crippen molar-refractivity contribution in [2.24, 2.45) is 5.92 Å². The number of hydrogen-bond acceptors (Lipinski definition) is 5. The average molecular weight is 319 g/mol. The second-order valence-electron chi connectivity index (χ2n) is 6.09. The first-order chi connectivity index (χ1) is 10.8. The summed E-state index contributed by atoms with van der Waals surface area (Å²) in [7, 11) is 0. The minimum absolute atomic E-state index is 0.0348. The standard InChI is InChI=1S/C17H21NO5/c1-9(2)6-13(17(21)22)18-8-12-14(19)5-4-11-10(3)7-15(20)23-16(11)12/h4-5,7,9,13,18-19H,6,8H2,1-3H3,(H,21,22)/t13-/m1/s1. The van der Waals surface area contributed by atoms with Crippen LogP contribution in [0.3, 0.4) is 0 Å². The highest BCUT2D eigenvalue weighted by molar-refractivity contribution is 5.85. The van der Waals surface area contributed by atoms with E-state index in [9.17, 15) is 19.8 Å². The Hall–Kier alpha value is -2.34. The quantitative estimate of drug-likeness (QED) is 0.707. The summed E-state index contributed by atoms with van der Waals surface area (Å²) in [4.78, 5) is 22.9. The van der Waals surface area contributed by atoms with E-state index in [1.54, 1.807) is 13.0 Å². The molecule has 0 spiro atoms. The van der Waals surface area contributed by atoms with Gasteiger partial charge in [0.2, 0.25) is 0 Å². The van der Waals surface area contributed by atoms with Gasteiger partial charge in [0.15, 0.2) is 0 Å². The third kappa shape index (κ3) is 3.90. The number of carbonyl (C=O) groups is 1. The van der Waals surface area contributed by atoms with Crippen molar-refractivity contribution in [2.75, 3.05) is 0 Å². The first kappa shape index (κ1) is 17.0. The molecule has 2 aromatic rings. The van der Waals surface area contributed by atoms with Crippen molar-refractivity contribution in [2.45, 2.75) is 39.8 Å². The maximum atomic E-state index is 11.6. The van der Waals surface area contributed by atoms with Gasteiger partial charge in [-0.15, -0.1) is 0 Å². The summed E-state index contributed by atoms with van der Waals surface area (Å²) in [6.07, 6.45) is 0.462. The molecule has 0 unspecified atom stereocenters.